The van der Waals surface area contributed by atoms with Crippen molar-refractivity contribution in [1.29, 1.82) is 0 Å². The van der Waals surface area contributed by atoms with Crippen molar-refractivity contribution in [2.45, 2.75) is 13.5 Å². The minimum atomic E-state index is -3.25. The van der Waals surface area contributed by atoms with Gasteiger partial charge in [0, 0.05) is 18.9 Å². The molecule has 2 N–H and O–H groups in total. The molecule has 0 radical (unpaired) electrons. The van der Waals surface area contributed by atoms with E-state index in [1.54, 1.807) is 18.6 Å². The number of aryl methyl sites for hydroxylation is 2. The summed E-state index contributed by atoms with van der Waals surface area (Å²) in [6.07, 6.45) is 4.70. The molecule has 0 aliphatic carbocycles. The fourth-order valence-corrected chi connectivity index (χ4v) is 2.46. The molecule has 0 aliphatic heterocycles. The fourth-order valence-electron chi connectivity index (χ4n) is 1.84. The van der Waals surface area contributed by atoms with Crippen molar-refractivity contribution in [3.05, 3.63) is 42.0 Å². The third-order valence-electron chi connectivity index (χ3n) is 2.91. The van der Waals surface area contributed by atoms with Crippen LogP contribution in [0.25, 0.3) is 0 Å². The highest BCUT2D eigenvalue weighted by atomic mass is 32.2. The summed E-state index contributed by atoms with van der Waals surface area (Å²) in [6, 6.07) is 5.50. The van der Waals surface area contributed by atoms with E-state index in [2.05, 4.69) is 15.0 Å². The van der Waals surface area contributed by atoms with Gasteiger partial charge in [0.05, 0.1) is 30.5 Å². The lowest BCUT2D eigenvalue weighted by Crippen LogP contribution is -2.11. The van der Waals surface area contributed by atoms with Crippen molar-refractivity contribution in [1.82, 2.24) is 9.55 Å². The Morgan fingerprint density at radius 2 is 2.10 bits per heavy atom. The molecule has 0 atom stereocenters. The molecular formula is C13H18N4O2S. The number of nitrogens with one attached hydrogen (secondary N) is 2. The molecule has 6 nitrogen and oxygen atoms in total. The maximum Gasteiger partial charge on any atom is 0.229 e. The second kappa shape index (κ2) is 5.54. The number of rotatable bonds is 5. The Labute approximate surface area is 118 Å². The van der Waals surface area contributed by atoms with Gasteiger partial charge < -0.3 is 9.88 Å². The molecule has 1 heterocycles. The van der Waals surface area contributed by atoms with Crippen molar-refractivity contribution in [3.8, 4) is 0 Å². The Morgan fingerprint density at radius 3 is 2.65 bits per heavy atom. The summed E-state index contributed by atoms with van der Waals surface area (Å²) in [6.45, 7) is 2.53. The number of aromatic nitrogens is 2. The van der Waals surface area contributed by atoms with Crippen molar-refractivity contribution in [2.24, 2.45) is 7.05 Å². The molecule has 2 rings (SSSR count). The summed E-state index contributed by atoms with van der Waals surface area (Å²) >= 11 is 0. The van der Waals surface area contributed by atoms with Crippen LogP contribution < -0.4 is 10.0 Å². The first-order valence-electron chi connectivity index (χ1n) is 6.12. The molecule has 0 aliphatic rings. The number of imidazole rings is 1. The molecule has 2 aromatic rings. The van der Waals surface area contributed by atoms with Crippen LogP contribution in [0.5, 0.6) is 0 Å². The van der Waals surface area contributed by atoms with Crippen molar-refractivity contribution in [2.75, 3.05) is 16.3 Å². The van der Waals surface area contributed by atoms with Crippen LogP contribution in [0.2, 0.25) is 0 Å². The van der Waals surface area contributed by atoms with Crippen LogP contribution in [-0.4, -0.2) is 24.2 Å². The second-order valence-corrected chi connectivity index (χ2v) is 6.50. The van der Waals surface area contributed by atoms with Crippen molar-refractivity contribution in [3.63, 3.8) is 0 Å². The number of nitrogens with zero attached hydrogens (tertiary/aromatic N) is 2. The zero-order valence-corrected chi connectivity index (χ0v) is 12.5. The molecule has 20 heavy (non-hydrogen) atoms. The maximum absolute atomic E-state index is 11.2. The van der Waals surface area contributed by atoms with E-state index in [9.17, 15) is 8.42 Å². The molecule has 0 amide bonds. The summed E-state index contributed by atoms with van der Waals surface area (Å²) in [5.41, 5.74) is 3.47. The van der Waals surface area contributed by atoms with E-state index in [1.165, 1.54) is 0 Å². The van der Waals surface area contributed by atoms with E-state index < -0.39 is 10.0 Å². The van der Waals surface area contributed by atoms with Gasteiger partial charge in [-0.15, -0.1) is 0 Å². The summed E-state index contributed by atoms with van der Waals surface area (Å²) in [4.78, 5) is 4.05. The Morgan fingerprint density at radius 1 is 1.35 bits per heavy atom. The highest BCUT2D eigenvalue weighted by Gasteiger charge is 2.06. The molecule has 108 valence electrons. The minimum absolute atomic E-state index is 0.596. The Bertz CT molecular complexity index is 707. The lowest BCUT2D eigenvalue weighted by atomic mass is 10.2. The molecule has 1 aromatic heterocycles. The van der Waals surface area contributed by atoms with Gasteiger partial charge >= 0.3 is 0 Å². The maximum atomic E-state index is 11.2. The van der Waals surface area contributed by atoms with E-state index in [0.717, 1.165) is 23.2 Å². The first-order valence-corrected chi connectivity index (χ1v) is 8.02. The predicted octanol–water partition coefficient (Wildman–Crippen LogP) is 1.71. The van der Waals surface area contributed by atoms with Gasteiger partial charge in [0.2, 0.25) is 10.0 Å². The largest absolute Gasteiger partial charge is 0.379 e. The zero-order chi connectivity index (χ0) is 14.8. The fraction of sp³-hybridized carbons (Fsp3) is 0.308. The van der Waals surface area contributed by atoms with E-state index in [4.69, 9.17) is 0 Å². The quantitative estimate of drug-likeness (QED) is 0.880. The summed E-state index contributed by atoms with van der Waals surface area (Å²) in [5, 5.41) is 3.28. The van der Waals surface area contributed by atoms with E-state index in [-0.39, 0.29) is 0 Å². The van der Waals surface area contributed by atoms with Gasteiger partial charge in [0.15, 0.2) is 0 Å². The summed E-state index contributed by atoms with van der Waals surface area (Å²) < 4.78 is 26.9. The van der Waals surface area contributed by atoms with Gasteiger partial charge in [-0.1, -0.05) is 0 Å². The van der Waals surface area contributed by atoms with E-state index >= 15 is 0 Å². The molecule has 7 heteroatoms. The highest BCUT2D eigenvalue weighted by Crippen LogP contribution is 2.20. The number of anilines is 2. The Balaban J connectivity index is 2.07. The van der Waals surface area contributed by atoms with Crippen LogP contribution in [0.1, 0.15) is 11.3 Å². The smallest absolute Gasteiger partial charge is 0.229 e. The van der Waals surface area contributed by atoms with Crippen LogP contribution in [-0.2, 0) is 23.6 Å². The monoisotopic (exact) mass is 294 g/mol. The van der Waals surface area contributed by atoms with Crippen LogP contribution >= 0.6 is 0 Å². The average molecular weight is 294 g/mol. The molecular weight excluding hydrogens is 276 g/mol. The average Bonchev–Trinajstić information content (AvgIpc) is 2.74. The first-order chi connectivity index (χ1) is 9.35. The normalized spacial score (nSPS) is 11.3. The lowest BCUT2D eigenvalue weighted by Gasteiger charge is -2.11. The minimum Gasteiger partial charge on any atom is -0.379 e. The number of sulfonamides is 1. The highest BCUT2D eigenvalue weighted by molar-refractivity contribution is 7.92. The topological polar surface area (TPSA) is 76.0 Å². The van der Waals surface area contributed by atoms with Gasteiger partial charge in [-0.05, 0) is 30.7 Å². The molecule has 0 fully saturated rings. The number of benzene rings is 1. The van der Waals surface area contributed by atoms with Crippen LogP contribution in [0.4, 0.5) is 11.4 Å². The Hall–Kier alpha value is -2.02. The molecule has 0 saturated heterocycles. The van der Waals surface area contributed by atoms with Gasteiger partial charge in [0.25, 0.3) is 0 Å². The molecule has 1 aromatic carbocycles. The third kappa shape index (κ3) is 3.74. The Kier molecular flexibility index (Phi) is 3.99. The van der Waals surface area contributed by atoms with Crippen molar-refractivity contribution >= 4 is 21.4 Å². The predicted molar refractivity (Wildman–Crippen MR) is 80.2 cm³/mol. The number of hydrogen-bond acceptors (Lipinski definition) is 4. The molecule has 0 bridgehead atoms. The van der Waals surface area contributed by atoms with Crippen LogP contribution in [0.3, 0.4) is 0 Å². The standard InChI is InChI=1S/C13H18N4O2S/c1-10-6-11(4-5-13(10)16-20(3,18)19)15-8-12-7-14-9-17(12)2/h4-7,9,15-16H,8H2,1-3H3. The zero-order valence-electron chi connectivity index (χ0n) is 11.7. The second-order valence-electron chi connectivity index (χ2n) is 4.75. The van der Waals surface area contributed by atoms with Crippen LogP contribution in [0, 0.1) is 6.92 Å². The summed E-state index contributed by atoms with van der Waals surface area (Å²) in [7, 11) is -1.31. The SMILES string of the molecule is Cc1cc(NCc2cncn2C)ccc1NS(C)(=O)=O. The first kappa shape index (κ1) is 14.4. The molecule has 0 unspecified atom stereocenters. The third-order valence-corrected chi connectivity index (χ3v) is 3.50. The van der Waals surface area contributed by atoms with E-state index in [0.29, 0.717) is 12.2 Å². The van der Waals surface area contributed by atoms with Gasteiger partial charge in [0.1, 0.15) is 0 Å². The summed E-state index contributed by atoms with van der Waals surface area (Å²) in [5.74, 6) is 0. The molecule has 0 saturated carbocycles. The van der Waals surface area contributed by atoms with Gasteiger partial charge in [-0.2, -0.15) is 0 Å². The van der Waals surface area contributed by atoms with Crippen LogP contribution in [0.15, 0.2) is 30.7 Å². The lowest BCUT2D eigenvalue weighted by molar-refractivity contribution is 0.607. The van der Waals surface area contributed by atoms with Crippen molar-refractivity contribution < 1.29 is 8.42 Å². The molecule has 0 spiro atoms. The van der Waals surface area contributed by atoms with Gasteiger partial charge in [-0.25, -0.2) is 13.4 Å². The number of hydrogen-bond donors (Lipinski definition) is 2. The van der Waals surface area contributed by atoms with E-state index in [1.807, 2.05) is 30.7 Å². The van der Waals surface area contributed by atoms with Gasteiger partial charge in [-0.3, -0.25) is 4.72 Å².